The number of benzene rings is 1. The number of amides is 1. The lowest BCUT2D eigenvalue weighted by atomic mass is 9.90. The Hall–Kier alpha value is -2.43. The molecule has 1 aliphatic heterocycles. The lowest BCUT2D eigenvalue weighted by molar-refractivity contribution is 0.0937. The van der Waals surface area contributed by atoms with Crippen LogP contribution >= 0.6 is 0 Å². The van der Waals surface area contributed by atoms with Gasteiger partial charge in [0.1, 0.15) is 0 Å². The largest absolute Gasteiger partial charge is 0.355 e. The van der Waals surface area contributed by atoms with Gasteiger partial charge in [0.25, 0.3) is 5.91 Å². The van der Waals surface area contributed by atoms with E-state index < -0.39 is 0 Å². The van der Waals surface area contributed by atoms with E-state index in [1.165, 1.54) is 5.56 Å². The van der Waals surface area contributed by atoms with Crippen LogP contribution in [-0.4, -0.2) is 35.2 Å². The van der Waals surface area contributed by atoms with Gasteiger partial charge >= 0.3 is 0 Å². The highest BCUT2D eigenvalue weighted by Gasteiger charge is 2.21. The number of nitrogens with one attached hydrogen (secondary N) is 1. The maximum atomic E-state index is 11.9. The molecule has 0 radical (unpaired) electrons. The third-order valence-electron chi connectivity index (χ3n) is 4.61. The molecule has 0 saturated carbocycles. The van der Waals surface area contributed by atoms with Crippen LogP contribution in [0.25, 0.3) is 0 Å². The van der Waals surface area contributed by atoms with Gasteiger partial charge in [-0.25, -0.2) is 0 Å². The number of carbonyl (C=O) groups is 1. The Morgan fingerprint density at radius 3 is 2.44 bits per heavy atom. The molecule has 2 heterocycles. The summed E-state index contributed by atoms with van der Waals surface area (Å²) in [6.07, 6.45) is 3.47. The quantitative estimate of drug-likeness (QED) is 0.910. The van der Waals surface area contributed by atoms with Gasteiger partial charge in [0.15, 0.2) is 11.5 Å². The fourth-order valence-electron chi connectivity index (χ4n) is 3.26. The van der Waals surface area contributed by atoms with Gasteiger partial charge in [-0.1, -0.05) is 30.3 Å². The molecule has 1 amide bonds. The van der Waals surface area contributed by atoms with Crippen molar-refractivity contribution in [3.8, 4) is 0 Å². The van der Waals surface area contributed by atoms with Gasteiger partial charge in [-0.05, 0) is 56.7 Å². The van der Waals surface area contributed by atoms with Gasteiger partial charge in [-0.3, -0.25) is 4.79 Å². The summed E-state index contributed by atoms with van der Waals surface area (Å²) < 4.78 is 0. The summed E-state index contributed by atoms with van der Waals surface area (Å²) in [5.41, 5.74) is 1.79. The first-order valence-electron chi connectivity index (χ1n) is 9.05. The predicted octanol–water partition coefficient (Wildman–Crippen LogP) is 3.07. The van der Waals surface area contributed by atoms with Gasteiger partial charge in [-0.2, -0.15) is 0 Å². The highest BCUT2D eigenvalue weighted by atomic mass is 16.2. The highest BCUT2D eigenvalue weighted by Crippen LogP contribution is 2.24. The standard InChI is InChI=1S/C20H26N4O/c1-15(2)21-20(25)18-8-9-19(23-22-18)24-12-10-17(11-13-24)14-16-6-4-3-5-7-16/h3-9,15,17H,10-14H2,1-2H3,(H,21,25). The van der Waals surface area contributed by atoms with Crippen molar-refractivity contribution in [3.63, 3.8) is 0 Å². The maximum absolute atomic E-state index is 11.9. The van der Waals surface area contributed by atoms with Crippen molar-refractivity contribution in [2.24, 2.45) is 5.92 Å². The average molecular weight is 338 g/mol. The van der Waals surface area contributed by atoms with Crippen LogP contribution in [0.2, 0.25) is 0 Å². The maximum Gasteiger partial charge on any atom is 0.271 e. The third kappa shape index (κ3) is 4.78. The van der Waals surface area contributed by atoms with Crippen LogP contribution in [0, 0.1) is 5.92 Å². The first kappa shape index (κ1) is 17.4. The van der Waals surface area contributed by atoms with E-state index in [1.54, 1.807) is 6.07 Å². The summed E-state index contributed by atoms with van der Waals surface area (Å²) in [6, 6.07) is 14.5. The summed E-state index contributed by atoms with van der Waals surface area (Å²) in [5, 5.41) is 11.2. The van der Waals surface area contributed by atoms with Crippen LogP contribution in [0.4, 0.5) is 5.82 Å². The average Bonchev–Trinajstić information content (AvgIpc) is 2.63. The molecule has 1 aromatic carbocycles. The first-order valence-corrected chi connectivity index (χ1v) is 9.05. The SMILES string of the molecule is CC(C)NC(=O)c1ccc(N2CCC(Cc3ccccc3)CC2)nn1. The smallest absolute Gasteiger partial charge is 0.271 e. The summed E-state index contributed by atoms with van der Waals surface area (Å²) in [4.78, 5) is 14.2. The minimum Gasteiger partial charge on any atom is -0.355 e. The number of aromatic nitrogens is 2. The number of hydrogen-bond acceptors (Lipinski definition) is 4. The Bertz CT molecular complexity index is 677. The van der Waals surface area contributed by atoms with Gasteiger partial charge in [-0.15, -0.1) is 10.2 Å². The fourth-order valence-corrected chi connectivity index (χ4v) is 3.26. The van der Waals surface area contributed by atoms with Gasteiger partial charge in [0, 0.05) is 19.1 Å². The Kier molecular flexibility index (Phi) is 5.64. The molecule has 3 rings (SSSR count). The van der Waals surface area contributed by atoms with Crippen molar-refractivity contribution in [1.29, 1.82) is 0 Å². The molecule has 0 bridgehead atoms. The van der Waals surface area contributed by atoms with Crippen molar-refractivity contribution in [2.45, 2.75) is 39.2 Å². The number of anilines is 1. The van der Waals surface area contributed by atoms with Crippen LogP contribution in [0.5, 0.6) is 0 Å². The number of hydrogen-bond donors (Lipinski definition) is 1. The van der Waals surface area contributed by atoms with E-state index in [-0.39, 0.29) is 11.9 Å². The zero-order chi connectivity index (χ0) is 17.6. The molecule has 0 unspecified atom stereocenters. The van der Waals surface area contributed by atoms with Crippen LogP contribution in [0.3, 0.4) is 0 Å². The second-order valence-electron chi connectivity index (χ2n) is 7.03. The molecule has 0 atom stereocenters. The molecule has 5 nitrogen and oxygen atoms in total. The van der Waals surface area contributed by atoms with Gasteiger partial charge in [0.05, 0.1) is 0 Å². The molecule has 132 valence electrons. The van der Waals surface area contributed by atoms with E-state index in [2.05, 4.69) is 50.7 Å². The Morgan fingerprint density at radius 2 is 1.84 bits per heavy atom. The Labute approximate surface area is 149 Å². The van der Waals surface area contributed by atoms with E-state index >= 15 is 0 Å². The molecule has 1 aromatic heterocycles. The summed E-state index contributed by atoms with van der Waals surface area (Å²) in [6.45, 7) is 5.84. The molecule has 2 aromatic rings. The van der Waals surface area contributed by atoms with E-state index in [9.17, 15) is 4.79 Å². The van der Waals surface area contributed by atoms with Crippen molar-refractivity contribution in [2.75, 3.05) is 18.0 Å². The minimum absolute atomic E-state index is 0.0950. The lowest BCUT2D eigenvalue weighted by Crippen LogP contribution is -2.35. The molecule has 0 spiro atoms. The van der Waals surface area contributed by atoms with Crippen LogP contribution < -0.4 is 10.2 Å². The molecule has 1 fully saturated rings. The van der Waals surface area contributed by atoms with E-state index in [0.29, 0.717) is 5.69 Å². The number of rotatable bonds is 5. The second kappa shape index (κ2) is 8.10. The minimum atomic E-state index is -0.171. The lowest BCUT2D eigenvalue weighted by Gasteiger charge is -2.32. The normalized spacial score (nSPS) is 15.4. The van der Waals surface area contributed by atoms with Crippen molar-refractivity contribution >= 4 is 11.7 Å². The zero-order valence-electron chi connectivity index (χ0n) is 15.0. The molecule has 25 heavy (non-hydrogen) atoms. The van der Waals surface area contributed by atoms with Crippen molar-refractivity contribution < 1.29 is 4.79 Å². The topological polar surface area (TPSA) is 58.1 Å². The molecular formula is C20H26N4O. The van der Waals surface area contributed by atoms with Crippen LogP contribution in [0.1, 0.15) is 42.7 Å². The van der Waals surface area contributed by atoms with E-state index in [0.717, 1.165) is 44.1 Å². The number of carbonyl (C=O) groups excluding carboxylic acids is 1. The molecule has 1 N–H and O–H groups in total. The predicted molar refractivity (Wildman–Crippen MR) is 99.7 cm³/mol. The molecule has 0 aliphatic carbocycles. The van der Waals surface area contributed by atoms with Crippen LogP contribution in [-0.2, 0) is 6.42 Å². The third-order valence-corrected chi connectivity index (χ3v) is 4.61. The van der Waals surface area contributed by atoms with Gasteiger partial charge in [0.2, 0.25) is 0 Å². The summed E-state index contributed by atoms with van der Waals surface area (Å²) in [5.74, 6) is 1.41. The fraction of sp³-hybridized carbons (Fsp3) is 0.450. The number of piperidine rings is 1. The highest BCUT2D eigenvalue weighted by molar-refractivity contribution is 5.92. The second-order valence-corrected chi connectivity index (χ2v) is 7.03. The molecule has 1 aliphatic rings. The van der Waals surface area contributed by atoms with E-state index in [4.69, 9.17) is 0 Å². The number of nitrogens with zero attached hydrogens (tertiary/aromatic N) is 3. The summed E-state index contributed by atoms with van der Waals surface area (Å²) >= 11 is 0. The monoisotopic (exact) mass is 338 g/mol. The van der Waals surface area contributed by atoms with Gasteiger partial charge < -0.3 is 10.2 Å². The van der Waals surface area contributed by atoms with E-state index in [1.807, 2.05) is 19.9 Å². The van der Waals surface area contributed by atoms with Crippen molar-refractivity contribution in [1.82, 2.24) is 15.5 Å². The van der Waals surface area contributed by atoms with Crippen molar-refractivity contribution in [3.05, 3.63) is 53.7 Å². The zero-order valence-corrected chi connectivity index (χ0v) is 15.0. The molecular weight excluding hydrogens is 312 g/mol. The summed E-state index contributed by atoms with van der Waals surface area (Å²) in [7, 11) is 0. The molecule has 1 saturated heterocycles. The first-order chi connectivity index (χ1) is 12.1. The van der Waals surface area contributed by atoms with Crippen LogP contribution in [0.15, 0.2) is 42.5 Å². The Balaban J connectivity index is 1.53. The molecule has 5 heteroatoms. The Morgan fingerprint density at radius 1 is 1.12 bits per heavy atom.